The van der Waals surface area contributed by atoms with Crippen LogP contribution in [0.4, 0.5) is 0 Å². The molecule has 3 nitrogen and oxygen atoms in total. The van der Waals surface area contributed by atoms with Crippen molar-refractivity contribution in [3.05, 3.63) is 12.7 Å². The molecule has 0 amide bonds. The van der Waals surface area contributed by atoms with Gasteiger partial charge in [-0.15, -0.1) is 6.58 Å². The van der Waals surface area contributed by atoms with Crippen molar-refractivity contribution in [1.29, 1.82) is 0 Å². The number of carbonyl (C=O) groups is 1. The molecule has 0 aromatic rings. The minimum Gasteiger partial charge on any atom is -0.468 e. The molecule has 0 aliphatic heterocycles. The number of alkyl halides is 1. The summed E-state index contributed by atoms with van der Waals surface area (Å²) in [5.41, 5.74) is 0. The molecule has 0 fully saturated rings. The molecule has 76 valence electrons. The maximum atomic E-state index is 10.9. The maximum absolute atomic E-state index is 10.9. The topological polar surface area (TPSA) is 35.5 Å². The highest BCUT2D eigenvalue weighted by Gasteiger charge is 2.14. The van der Waals surface area contributed by atoms with Crippen molar-refractivity contribution in [1.82, 2.24) is 0 Å². The first kappa shape index (κ1) is 12.7. The van der Waals surface area contributed by atoms with Crippen LogP contribution in [-0.4, -0.2) is 31.1 Å². The molecule has 4 heteroatoms. The third kappa shape index (κ3) is 6.78. The lowest BCUT2D eigenvalue weighted by Crippen LogP contribution is -2.21. The Morgan fingerprint density at radius 1 is 1.69 bits per heavy atom. The van der Waals surface area contributed by atoms with Crippen molar-refractivity contribution in [2.24, 2.45) is 0 Å². The Kier molecular flexibility index (Phi) is 8.04. The van der Waals surface area contributed by atoms with E-state index in [1.165, 1.54) is 7.11 Å². The van der Waals surface area contributed by atoms with Gasteiger partial charge in [-0.3, -0.25) is 4.79 Å². The molecular formula is C9H15BrO3. The fourth-order valence-corrected chi connectivity index (χ4v) is 1.09. The van der Waals surface area contributed by atoms with Gasteiger partial charge in [0, 0.05) is 6.61 Å². The average molecular weight is 251 g/mol. The van der Waals surface area contributed by atoms with Crippen LogP contribution in [0.15, 0.2) is 12.7 Å². The van der Waals surface area contributed by atoms with E-state index in [0.717, 1.165) is 12.8 Å². The molecule has 0 heterocycles. The molecule has 0 saturated heterocycles. The van der Waals surface area contributed by atoms with E-state index in [2.05, 4.69) is 27.2 Å². The molecule has 0 bridgehead atoms. The highest BCUT2D eigenvalue weighted by molar-refractivity contribution is 9.10. The van der Waals surface area contributed by atoms with Gasteiger partial charge in [0.05, 0.1) is 13.7 Å². The third-order valence-electron chi connectivity index (χ3n) is 1.42. The van der Waals surface area contributed by atoms with Gasteiger partial charge in [0.15, 0.2) is 0 Å². The summed E-state index contributed by atoms with van der Waals surface area (Å²) in [7, 11) is 1.36. The Morgan fingerprint density at radius 3 is 2.92 bits per heavy atom. The van der Waals surface area contributed by atoms with E-state index in [1.807, 2.05) is 6.08 Å². The smallest absolute Gasteiger partial charge is 0.321 e. The van der Waals surface area contributed by atoms with Gasteiger partial charge in [-0.2, -0.15) is 0 Å². The summed E-state index contributed by atoms with van der Waals surface area (Å²) in [4.78, 5) is 10.5. The molecule has 0 radical (unpaired) electrons. The molecule has 0 N–H and O–H groups in total. The normalized spacial score (nSPS) is 12.2. The molecule has 0 rings (SSSR count). The summed E-state index contributed by atoms with van der Waals surface area (Å²) < 4.78 is 9.73. The molecule has 0 aromatic heterocycles. The Balaban J connectivity index is 3.31. The minimum absolute atomic E-state index is 0.302. The molecular weight excluding hydrogens is 236 g/mol. The lowest BCUT2D eigenvalue weighted by molar-refractivity contribution is -0.140. The predicted octanol–water partition coefficient (Wildman–Crippen LogP) is 1.91. The molecule has 0 aliphatic carbocycles. The summed E-state index contributed by atoms with van der Waals surface area (Å²) in [5.74, 6) is -0.302. The predicted molar refractivity (Wildman–Crippen MR) is 55.0 cm³/mol. The minimum atomic E-state index is -0.360. The summed E-state index contributed by atoms with van der Waals surface area (Å²) in [6, 6.07) is 0. The van der Waals surface area contributed by atoms with Crippen LogP contribution in [-0.2, 0) is 14.3 Å². The summed E-state index contributed by atoms with van der Waals surface area (Å²) in [6.07, 6.45) is 3.71. The van der Waals surface area contributed by atoms with E-state index in [0.29, 0.717) is 13.2 Å². The summed E-state index contributed by atoms with van der Waals surface area (Å²) in [6.45, 7) is 4.59. The lowest BCUT2D eigenvalue weighted by atomic mass is 10.3. The van der Waals surface area contributed by atoms with Gasteiger partial charge in [-0.1, -0.05) is 22.0 Å². The van der Waals surface area contributed by atoms with E-state index < -0.39 is 0 Å². The van der Waals surface area contributed by atoms with Crippen molar-refractivity contribution in [2.75, 3.05) is 20.3 Å². The van der Waals surface area contributed by atoms with Gasteiger partial charge in [0.25, 0.3) is 0 Å². The Labute approximate surface area is 87.2 Å². The molecule has 0 aliphatic rings. The Morgan fingerprint density at radius 2 is 2.38 bits per heavy atom. The number of allylic oxidation sites excluding steroid dienone is 1. The summed E-state index contributed by atoms with van der Waals surface area (Å²) in [5, 5.41) is 0. The van der Waals surface area contributed by atoms with Gasteiger partial charge in [-0.25, -0.2) is 0 Å². The van der Waals surface area contributed by atoms with E-state index in [-0.39, 0.29) is 10.8 Å². The van der Waals surface area contributed by atoms with Gasteiger partial charge >= 0.3 is 5.97 Å². The average Bonchev–Trinajstić information content (AvgIpc) is 2.16. The van der Waals surface area contributed by atoms with Crippen molar-refractivity contribution in [2.45, 2.75) is 17.7 Å². The van der Waals surface area contributed by atoms with Crippen LogP contribution in [0, 0.1) is 0 Å². The Bertz CT molecular complexity index is 159. The van der Waals surface area contributed by atoms with E-state index >= 15 is 0 Å². The number of hydrogen-bond acceptors (Lipinski definition) is 3. The lowest BCUT2D eigenvalue weighted by Gasteiger charge is -2.07. The monoisotopic (exact) mass is 250 g/mol. The number of unbranched alkanes of at least 4 members (excludes halogenated alkanes) is 1. The fraction of sp³-hybridized carbons (Fsp3) is 0.667. The van der Waals surface area contributed by atoms with Crippen LogP contribution >= 0.6 is 15.9 Å². The number of ether oxygens (including phenoxy) is 2. The molecule has 0 saturated carbocycles. The first-order valence-electron chi connectivity index (χ1n) is 4.13. The molecule has 1 unspecified atom stereocenters. The highest BCUT2D eigenvalue weighted by Crippen LogP contribution is 2.03. The van der Waals surface area contributed by atoms with Gasteiger partial charge < -0.3 is 9.47 Å². The van der Waals surface area contributed by atoms with Crippen molar-refractivity contribution >= 4 is 21.9 Å². The van der Waals surface area contributed by atoms with Gasteiger partial charge in [0.2, 0.25) is 0 Å². The van der Waals surface area contributed by atoms with Crippen LogP contribution in [0.3, 0.4) is 0 Å². The molecule has 0 aromatic carbocycles. The first-order chi connectivity index (χ1) is 6.22. The molecule has 0 spiro atoms. The van der Waals surface area contributed by atoms with E-state index in [4.69, 9.17) is 4.74 Å². The van der Waals surface area contributed by atoms with Crippen LogP contribution in [0.1, 0.15) is 12.8 Å². The number of carbonyl (C=O) groups excluding carboxylic acids is 1. The number of methoxy groups -OCH3 is 1. The zero-order valence-corrected chi connectivity index (χ0v) is 9.38. The zero-order valence-electron chi connectivity index (χ0n) is 7.79. The largest absolute Gasteiger partial charge is 0.468 e. The second kappa shape index (κ2) is 8.26. The van der Waals surface area contributed by atoms with Crippen LogP contribution in [0.25, 0.3) is 0 Å². The number of halogens is 1. The number of esters is 1. The van der Waals surface area contributed by atoms with Gasteiger partial charge in [-0.05, 0) is 12.8 Å². The standard InChI is InChI=1S/C9H15BrO3/c1-3-4-5-6-13-7-8(10)9(11)12-2/h3,8H,1,4-7H2,2H3. The highest BCUT2D eigenvalue weighted by atomic mass is 79.9. The van der Waals surface area contributed by atoms with Crippen molar-refractivity contribution in [3.8, 4) is 0 Å². The SMILES string of the molecule is C=CCCCOCC(Br)C(=O)OC. The summed E-state index contributed by atoms with van der Waals surface area (Å²) >= 11 is 3.15. The van der Waals surface area contributed by atoms with Crippen molar-refractivity contribution in [3.63, 3.8) is 0 Å². The Hall–Kier alpha value is -0.350. The number of hydrogen-bond donors (Lipinski definition) is 0. The quantitative estimate of drug-likeness (QED) is 0.300. The van der Waals surface area contributed by atoms with Crippen LogP contribution in [0.5, 0.6) is 0 Å². The second-order valence-corrected chi connectivity index (χ2v) is 3.60. The zero-order chi connectivity index (χ0) is 10.1. The van der Waals surface area contributed by atoms with Crippen LogP contribution in [0.2, 0.25) is 0 Å². The fourth-order valence-electron chi connectivity index (χ4n) is 0.712. The van der Waals surface area contributed by atoms with Crippen molar-refractivity contribution < 1.29 is 14.3 Å². The van der Waals surface area contributed by atoms with E-state index in [1.54, 1.807) is 0 Å². The maximum Gasteiger partial charge on any atom is 0.321 e. The number of rotatable bonds is 7. The molecule has 13 heavy (non-hydrogen) atoms. The first-order valence-corrected chi connectivity index (χ1v) is 5.04. The van der Waals surface area contributed by atoms with Crippen LogP contribution < -0.4 is 0 Å². The third-order valence-corrected chi connectivity index (χ3v) is 2.06. The molecule has 1 atom stereocenters. The second-order valence-electron chi connectivity index (χ2n) is 2.50. The van der Waals surface area contributed by atoms with E-state index in [9.17, 15) is 4.79 Å². The van der Waals surface area contributed by atoms with Gasteiger partial charge in [0.1, 0.15) is 4.83 Å².